The van der Waals surface area contributed by atoms with E-state index in [0.717, 1.165) is 30.4 Å². The van der Waals surface area contributed by atoms with Gasteiger partial charge >= 0.3 is 0 Å². The van der Waals surface area contributed by atoms with Crippen LogP contribution in [-0.4, -0.2) is 43.6 Å². The molecule has 0 unspecified atom stereocenters. The molecule has 0 aromatic heterocycles. The van der Waals surface area contributed by atoms with E-state index in [1.807, 2.05) is 24.1 Å². The first-order chi connectivity index (χ1) is 9.49. The van der Waals surface area contributed by atoms with E-state index < -0.39 is 0 Å². The zero-order chi connectivity index (χ0) is 14.8. The number of piperidine rings is 1. The molecule has 1 aliphatic rings. The van der Waals surface area contributed by atoms with Crippen LogP contribution in [0.2, 0.25) is 0 Å². The van der Waals surface area contributed by atoms with Crippen LogP contribution < -0.4 is 10.1 Å². The molecular formula is C15H21BrN2O2. The molecule has 4 nitrogen and oxygen atoms in total. The zero-order valence-electron chi connectivity index (χ0n) is 12.2. The van der Waals surface area contributed by atoms with Crippen LogP contribution in [0.1, 0.15) is 30.1 Å². The number of likely N-dealkylation sites (tertiary alicyclic amines) is 1. The average Bonchev–Trinajstić information content (AvgIpc) is 2.48. The molecule has 1 aliphatic heterocycles. The minimum atomic E-state index is 0.0638. The maximum Gasteiger partial charge on any atom is 0.255 e. The minimum Gasteiger partial charge on any atom is -0.497 e. The number of rotatable bonds is 3. The predicted molar refractivity (Wildman–Crippen MR) is 83.3 cm³/mol. The average molecular weight is 341 g/mol. The van der Waals surface area contributed by atoms with Crippen LogP contribution in [-0.2, 0) is 0 Å². The van der Waals surface area contributed by atoms with E-state index in [-0.39, 0.29) is 11.4 Å². The van der Waals surface area contributed by atoms with E-state index in [2.05, 4.69) is 28.2 Å². The normalized spacial score (nSPS) is 17.9. The van der Waals surface area contributed by atoms with E-state index in [4.69, 9.17) is 4.74 Å². The molecule has 1 heterocycles. The molecule has 1 aromatic rings. The van der Waals surface area contributed by atoms with Gasteiger partial charge in [-0.2, -0.15) is 0 Å². The number of amides is 1. The number of nitrogens with zero attached hydrogens (tertiary/aromatic N) is 1. The second kappa shape index (κ2) is 6.14. The topological polar surface area (TPSA) is 41.6 Å². The standard InChI is InChI=1S/C15H21BrN2O2/c1-15(17-2)6-8-18(9-7-15)14(19)12-10-11(20-3)4-5-13(12)16/h4-5,10,17H,6-9H2,1-3H3. The van der Waals surface area contributed by atoms with E-state index in [9.17, 15) is 4.79 Å². The summed E-state index contributed by atoms with van der Waals surface area (Å²) in [6, 6.07) is 5.49. The number of nitrogens with one attached hydrogen (secondary N) is 1. The Labute approximate surface area is 128 Å². The Bertz CT molecular complexity index is 497. The van der Waals surface area contributed by atoms with Gasteiger partial charge in [0.1, 0.15) is 5.75 Å². The van der Waals surface area contributed by atoms with Crippen molar-refractivity contribution in [3.05, 3.63) is 28.2 Å². The number of ether oxygens (including phenoxy) is 1. The summed E-state index contributed by atoms with van der Waals surface area (Å²) in [5.74, 6) is 0.766. The minimum absolute atomic E-state index is 0.0638. The van der Waals surface area contributed by atoms with Crippen LogP contribution in [0.5, 0.6) is 5.75 Å². The van der Waals surface area contributed by atoms with Gasteiger partial charge in [-0.25, -0.2) is 0 Å². The lowest BCUT2D eigenvalue weighted by Gasteiger charge is -2.39. The van der Waals surface area contributed by atoms with Gasteiger partial charge < -0.3 is 15.0 Å². The van der Waals surface area contributed by atoms with Gasteiger partial charge in [0.15, 0.2) is 0 Å². The summed E-state index contributed by atoms with van der Waals surface area (Å²) in [4.78, 5) is 14.5. The van der Waals surface area contributed by atoms with E-state index in [1.54, 1.807) is 13.2 Å². The highest BCUT2D eigenvalue weighted by Gasteiger charge is 2.31. The lowest BCUT2D eigenvalue weighted by atomic mass is 9.89. The Hall–Kier alpha value is -1.07. The third-order valence-electron chi connectivity index (χ3n) is 4.16. The first-order valence-electron chi connectivity index (χ1n) is 6.81. The molecular weight excluding hydrogens is 320 g/mol. The number of carbonyl (C=O) groups is 1. The molecule has 0 aliphatic carbocycles. The fourth-order valence-corrected chi connectivity index (χ4v) is 2.84. The van der Waals surface area contributed by atoms with Crippen molar-refractivity contribution >= 4 is 21.8 Å². The van der Waals surface area contributed by atoms with Gasteiger partial charge in [-0.05, 0) is 60.9 Å². The summed E-state index contributed by atoms with van der Waals surface area (Å²) < 4.78 is 6.01. The van der Waals surface area contributed by atoms with Gasteiger partial charge in [-0.3, -0.25) is 4.79 Å². The number of halogens is 1. The van der Waals surface area contributed by atoms with Crippen LogP contribution in [0.25, 0.3) is 0 Å². The third-order valence-corrected chi connectivity index (χ3v) is 4.85. The van der Waals surface area contributed by atoms with Crippen LogP contribution >= 0.6 is 15.9 Å². The van der Waals surface area contributed by atoms with Crippen molar-refractivity contribution in [1.29, 1.82) is 0 Å². The molecule has 1 fully saturated rings. The van der Waals surface area contributed by atoms with E-state index in [0.29, 0.717) is 11.3 Å². The number of benzene rings is 1. The van der Waals surface area contributed by atoms with Crippen molar-refractivity contribution < 1.29 is 9.53 Å². The van der Waals surface area contributed by atoms with Crippen LogP contribution in [0.15, 0.2) is 22.7 Å². The van der Waals surface area contributed by atoms with Crippen molar-refractivity contribution in [3.8, 4) is 5.75 Å². The quantitative estimate of drug-likeness (QED) is 0.919. The summed E-state index contributed by atoms with van der Waals surface area (Å²) in [5, 5.41) is 3.34. The van der Waals surface area contributed by atoms with Crippen LogP contribution in [0.4, 0.5) is 0 Å². The number of hydrogen-bond acceptors (Lipinski definition) is 3. The van der Waals surface area contributed by atoms with Crippen molar-refractivity contribution in [2.75, 3.05) is 27.2 Å². The van der Waals surface area contributed by atoms with Gasteiger partial charge in [-0.15, -0.1) is 0 Å². The van der Waals surface area contributed by atoms with Gasteiger partial charge in [0, 0.05) is 23.1 Å². The van der Waals surface area contributed by atoms with Gasteiger partial charge in [0.05, 0.1) is 12.7 Å². The molecule has 5 heteroatoms. The molecule has 20 heavy (non-hydrogen) atoms. The lowest BCUT2D eigenvalue weighted by Crippen LogP contribution is -2.51. The van der Waals surface area contributed by atoms with E-state index in [1.165, 1.54) is 0 Å². The lowest BCUT2D eigenvalue weighted by molar-refractivity contribution is 0.0660. The maximum atomic E-state index is 12.6. The van der Waals surface area contributed by atoms with E-state index >= 15 is 0 Å². The highest BCUT2D eigenvalue weighted by molar-refractivity contribution is 9.10. The van der Waals surface area contributed by atoms with Gasteiger partial charge in [0.25, 0.3) is 5.91 Å². The molecule has 1 N–H and O–H groups in total. The maximum absolute atomic E-state index is 12.6. The Morgan fingerprint density at radius 2 is 2.05 bits per heavy atom. The Morgan fingerprint density at radius 1 is 1.40 bits per heavy atom. The molecule has 0 radical (unpaired) electrons. The van der Waals surface area contributed by atoms with Crippen molar-refractivity contribution in [1.82, 2.24) is 10.2 Å². The monoisotopic (exact) mass is 340 g/mol. The number of methoxy groups -OCH3 is 1. The Morgan fingerprint density at radius 3 is 2.60 bits per heavy atom. The van der Waals surface area contributed by atoms with Gasteiger partial charge in [-0.1, -0.05) is 0 Å². The SMILES string of the molecule is CNC1(C)CCN(C(=O)c2cc(OC)ccc2Br)CC1. The molecule has 1 saturated heterocycles. The molecule has 1 aromatic carbocycles. The molecule has 110 valence electrons. The second-order valence-corrected chi connectivity index (χ2v) is 6.30. The molecule has 2 rings (SSSR count). The smallest absolute Gasteiger partial charge is 0.255 e. The van der Waals surface area contributed by atoms with Crippen molar-refractivity contribution in [3.63, 3.8) is 0 Å². The summed E-state index contributed by atoms with van der Waals surface area (Å²) in [5.41, 5.74) is 0.806. The summed E-state index contributed by atoms with van der Waals surface area (Å²) in [6.07, 6.45) is 1.94. The summed E-state index contributed by atoms with van der Waals surface area (Å²) in [6.45, 7) is 3.76. The number of carbonyl (C=O) groups excluding carboxylic acids is 1. The number of hydrogen-bond donors (Lipinski definition) is 1. The van der Waals surface area contributed by atoms with Crippen molar-refractivity contribution in [2.45, 2.75) is 25.3 Å². The first kappa shape index (κ1) is 15.3. The predicted octanol–water partition coefficient (Wildman–Crippen LogP) is 2.67. The van der Waals surface area contributed by atoms with Crippen LogP contribution in [0, 0.1) is 0 Å². The van der Waals surface area contributed by atoms with Gasteiger partial charge in [0.2, 0.25) is 0 Å². The largest absolute Gasteiger partial charge is 0.497 e. The molecule has 0 spiro atoms. The molecule has 0 atom stereocenters. The van der Waals surface area contributed by atoms with Crippen molar-refractivity contribution in [2.24, 2.45) is 0 Å². The second-order valence-electron chi connectivity index (χ2n) is 5.45. The first-order valence-corrected chi connectivity index (χ1v) is 7.60. The fraction of sp³-hybridized carbons (Fsp3) is 0.533. The van der Waals surface area contributed by atoms with Crippen LogP contribution in [0.3, 0.4) is 0 Å². The highest BCUT2D eigenvalue weighted by Crippen LogP contribution is 2.27. The zero-order valence-corrected chi connectivity index (χ0v) is 13.8. The fourth-order valence-electron chi connectivity index (χ4n) is 2.42. The molecule has 0 saturated carbocycles. The molecule has 0 bridgehead atoms. The summed E-state index contributed by atoms with van der Waals surface area (Å²) >= 11 is 3.45. The highest BCUT2D eigenvalue weighted by atomic mass is 79.9. The molecule has 1 amide bonds. The third kappa shape index (κ3) is 3.15. The summed E-state index contributed by atoms with van der Waals surface area (Å²) in [7, 11) is 3.59. The Balaban J connectivity index is 2.13. The Kier molecular flexibility index (Phi) is 4.70.